The van der Waals surface area contributed by atoms with E-state index in [0.717, 1.165) is 18.9 Å². The van der Waals surface area contributed by atoms with Gasteiger partial charge < -0.3 is 10.1 Å². The maximum Gasteiger partial charge on any atom is 0.331 e. The molecule has 1 aliphatic rings. The monoisotopic (exact) mass is 366 g/mol. The minimum atomic E-state index is -0.912. The number of rotatable bonds is 6. The van der Waals surface area contributed by atoms with Gasteiger partial charge >= 0.3 is 5.97 Å². The Balaban J connectivity index is 1.86. The summed E-state index contributed by atoms with van der Waals surface area (Å²) in [6.07, 6.45) is 4.39. The van der Waals surface area contributed by atoms with E-state index in [2.05, 4.69) is 11.4 Å². The van der Waals surface area contributed by atoms with Crippen LogP contribution in [0.1, 0.15) is 25.3 Å². The maximum atomic E-state index is 11.8. The molecule has 7 heteroatoms. The van der Waals surface area contributed by atoms with E-state index in [1.165, 1.54) is 6.08 Å². The van der Waals surface area contributed by atoms with Crippen molar-refractivity contribution in [3.05, 3.63) is 39.9 Å². The normalized spacial score (nSPS) is 16.2. The summed E-state index contributed by atoms with van der Waals surface area (Å²) in [6.45, 7) is 1.22. The molecule has 1 aromatic carbocycles. The smallest absolute Gasteiger partial charge is 0.331 e. The second kappa shape index (κ2) is 7.69. The molecule has 126 valence electrons. The quantitative estimate of drug-likeness (QED) is 0.618. The highest BCUT2D eigenvalue weighted by atomic mass is 35.5. The van der Waals surface area contributed by atoms with Crippen LogP contribution in [-0.4, -0.2) is 24.0 Å². The van der Waals surface area contributed by atoms with E-state index in [1.54, 1.807) is 25.1 Å². The number of ether oxygens (including phenoxy) is 1. The number of hydrogen-bond donors (Lipinski definition) is 1. The van der Waals surface area contributed by atoms with Crippen LogP contribution in [0.4, 0.5) is 0 Å². The average molecular weight is 367 g/mol. The molecule has 1 amide bonds. The van der Waals surface area contributed by atoms with E-state index in [1.807, 2.05) is 0 Å². The lowest BCUT2D eigenvalue weighted by atomic mass is 9.98. The molecule has 1 aliphatic carbocycles. The van der Waals surface area contributed by atoms with E-state index in [9.17, 15) is 14.9 Å². The van der Waals surface area contributed by atoms with Crippen LogP contribution in [0.5, 0.6) is 0 Å². The lowest BCUT2D eigenvalue weighted by Gasteiger charge is -2.22. The van der Waals surface area contributed by atoms with Gasteiger partial charge in [0.05, 0.1) is 6.07 Å². The van der Waals surface area contributed by atoms with E-state index in [0.29, 0.717) is 15.6 Å². The number of nitrogens with zero attached hydrogens (tertiary/aromatic N) is 1. The first-order valence-corrected chi connectivity index (χ1v) is 8.12. The Kier molecular flexibility index (Phi) is 5.87. The van der Waals surface area contributed by atoms with Gasteiger partial charge in [-0.05, 0) is 43.9 Å². The first-order chi connectivity index (χ1) is 11.4. The Morgan fingerprint density at radius 3 is 2.58 bits per heavy atom. The molecule has 0 spiro atoms. The summed E-state index contributed by atoms with van der Waals surface area (Å²) >= 11 is 12.0. The summed E-state index contributed by atoms with van der Waals surface area (Å²) in [7, 11) is 0. The molecule has 2 rings (SSSR count). The summed E-state index contributed by atoms with van der Waals surface area (Å²) in [5.74, 6) is -1.06. The summed E-state index contributed by atoms with van der Waals surface area (Å²) in [6, 6.07) is 7.08. The van der Waals surface area contributed by atoms with E-state index in [4.69, 9.17) is 27.9 Å². The van der Waals surface area contributed by atoms with Crippen molar-refractivity contribution >= 4 is 41.2 Å². The SMILES string of the molecule is C[C@](C#N)(NC(=O)COC(=O)/C=C/c1c(Cl)cccc1Cl)C1CC1. The number of carbonyl (C=O) groups excluding carboxylic acids is 2. The Labute approximate surface area is 150 Å². The van der Waals surface area contributed by atoms with Crippen molar-refractivity contribution in [3.8, 4) is 6.07 Å². The predicted molar refractivity (Wildman–Crippen MR) is 91.3 cm³/mol. The highest BCUT2D eigenvalue weighted by Gasteiger charge is 2.43. The van der Waals surface area contributed by atoms with Gasteiger partial charge in [-0.3, -0.25) is 4.79 Å². The maximum absolute atomic E-state index is 11.8. The number of nitrogens with one attached hydrogen (secondary N) is 1. The highest BCUT2D eigenvalue weighted by Crippen LogP contribution is 2.39. The fraction of sp³-hybridized carbons (Fsp3) is 0.353. The molecular weight excluding hydrogens is 351 g/mol. The second-order valence-corrected chi connectivity index (χ2v) is 6.53. The third kappa shape index (κ3) is 4.73. The number of halogens is 2. The Morgan fingerprint density at radius 2 is 2.04 bits per heavy atom. The van der Waals surface area contributed by atoms with Crippen molar-refractivity contribution in [2.45, 2.75) is 25.3 Å². The minimum absolute atomic E-state index is 0.157. The van der Waals surface area contributed by atoms with Crippen molar-refractivity contribution in [2.75, 3.05) is 6.61 Å². The molecule has 1 fully saturated rings. The molecule has 0 bridgehead atoms. The van der Waals surface area contributed by atoms with Gasteiger partial charge in [-0.25, -0.2) is 4.79 Å². The van der Waals surface area contributed by atoms with Gasteiger partial charge in [-0.2, -0.15) is 5.26 Å². The van der Waals surface area contributed by atoms with Crippen LogP contribution >= 0.6 is 23.2 Å². The Bertz CT molecular complexity index is 703. The van der Waals surface area contributed by atoms with E-state index in [-0.39, 0.29) is 5.92 Å². The summed E-state index contributed by atoms with van der Waals surface area (Å²) in [5.41, 5.74) is -0.419. The summed E-state index contributed by atoms with van der Waals surface area (Å²) in [4.78, 5) is 23.5. The molecule has 1 aromatic rings. The third-order valence-corrected chi connectivity index (χ3v) is 4.42. The number of amides is 1. The molecule has 1 saturated carbocycles. The zero-order chi connectivity index (χ0) is 17.7. The van der Waals surface area contributed by atoms with Crippen molar-refractivity contribution in [3.63, 3.8) is 0 Å². The van der Waals surface area contributed by atoms with E-state index >= 15 is 0 Å². The topological polar surface area (TPSA) is 79.2 Å². The molecule has 0 aliphatic heterocycles. The minimum Gasteiger partial charge on any atom is -0.452 e. The summed E-state index contributed by atoms with van der Waals surface area (Å²) in [5, 5.41) is 12.6. The molecule has 24 heavy (non-hydrogen) atoms. The zero-order valence-corrected chi connectivity index (χ0v) is 14.5. The predicted octanol–water partition coefficient (Wildman–Crippen LogP) is 3.36. The van der Waals surface area contributed by atoms with E-state index < -0.39 is 24.0 Å². The van der Waals surface area contributed by atoms with Crippen molar-refractivity contribution in [1.29, 1.82) is 5.26 Å². The van der Waals surface area contributed by atoms with Gasteiger partial charge in [0.2, 0.25) is 0 Å². The molecule has 0 aromatic heterocycles. The number of benzene rings is 1. The Hall–Kier alpha value is -2.03. The lowest BCUT2D eigenvalue weighted by molar-refractivity contribution is -0.144. The van der Waals surface area contributed by atoms with Gasteiger partial charge in [0.25, 0.3) is 5.91 Å². The number of carbonyl (C=O) groups is 2. The number of hydrogen-bond acceptors (Lipinski definition) is 4. The van der Waals surface area contributed by atoms with Gasteiger partial charge in [-0.15, -0.1) is 0 Å². The number of esters is 1. The van der Waals surface area contributed by atoms with Crippen LogP contribution < -0.4 is 5.32 Å². The molecule has 0 unspecified atom stereocenters. The van der Waals surface area contributed by atoms with Crippen molar-refractivity contribution in [2.24, 2.45) is 5.92 Å². The van der Waals surface area contributed by atoms with Crippen molar-refractivity contribution in [1.82, 2.24) is 5.32 Å². The third-order valence-electron chi connectivity index (χ3n) is 3.76. The fourth-order valence-corrected chi connectivity index (χ4v) is 2.74. The first kappa shape index (κ1) is 18.3. The van der Waals surface area contributed by atoms with Crippen molar-refractivity contribution < 1.29 is 14.3 Å². The van der Waals surface area contributed by atoms with Crippen LogP contribution in [0.2, 0.25) is 10.0 Å². The second-order valence-electron chi connectivity index (χ2n) is 5.71. The van der Waals surface area contributed by atoms with Crippen LogP contribution in [0.15, 0.2) is 24.3 Å². The molecule has 0 saturated heterocycles. The van der Waals surface area contributed by atoms with Gasteiger partial charge in [0.1, 0.15) is 5.54 Å². The molecular formula is C17H16Cl2N2O3. The lowest BCUT2D eigenvalue weighted by Crippen LogP contribution is -2.48. The molecule has 0 radical (unpaired) electrons. The molecule has 1 N–H and O–H groups in total. The molecule has 1 atom stereocenters. The van der Waals surface area contributed by atoms with Crippen LogP contribution in [0, 0.1) is 17.2 Å². The highest BCUT2D eigenvalue weighted by molar-refractivity contribution is 6.37. The fourth-order valence-electron chi connectivity index (χ4n) is 2.21. The number of nitriles is 1. The Morgan fingerprint density at radius 1 is 1.42 bits per heavy atom. The zero-order valence-electron chi connectivity index (χ0n) is 13.0. The molecule has 0 heterocycles. The van der Waals surface area contributed by atoms with Crippen LogP contribution in [0.3, 0.4) is 0 Å². The first-order valence-electron chi connectivity index (χ1n) is 7.37. The van der Waals surface area contributed by atoms with Gasteiger partial charge in [-0.1, -0.05) is 29.3 Å². The average Bonchev–Trinajstić information content (AvgIpc) is 3.37. The van der Waals surface area contributed by atoms with Gasteiger partial charge in [0, 0.05) is 21.7 Å². The standard InChI is InChI=1S/C17H16Cl2N2O3/c1-17(10-20,11-5-6-11)21-15(22)9-24-16(23)8-7-12-13(18)3-2-4-14(12)19/h2-4,7-8,11H,5-6,9H2,1H3,(H,21,22)/b8-7+/t17-/m1/s1. The van der Waals surface area contributed by atoms with Crippen LogP contribution in [-0.2, 0) is 14.3 Å². The molecule has 5 nitrogen and oxygen atoms in total. The van der Waals surface area contributed by atoms with Gasteiger partial charge in [0.15, 0.2) is 6.61 Å². The summed E-state index contributed by atoms with van der Waals surface area (Å²) < 4.78 is 4.86. The van der Waals surface area contributed by atoms with Crippen LogP contribution in [0.25, 0.3) is 6.08 Å². The largest absolute Gasteiger partial charge is 0.452 e.